The first kappa shape index (κ1) is 6.98. The molecule has 0 aromatic carbocycles. The van der Waals surface area contributed by atoms with Crippen molar-refractivity contribution < 1.29 is 13.0 Å². The molecule has 54 valence electrons. The molecular formula is C4H9NO3S. The monoisotopic (exact) mass is 151 g/mol. The first-order valence-electron chi connectivity index (χ1n) is 2.78. The van der Waals surface area contributed by atoms with Crippen LogP contribution in [0.1, 0.15) is 6.42 Å². The molecular weight excluding hydrogens is 142 g/mol. The smallest absolute Gasteiger partial charge is 0.269 e. The Morgan fingerprint density at radius 1 is 1.56 bits per heavy atom. The van der Waals surface area contributed by atoms with Crippen LogP contribution in [0.2, 0.25) is 0 Å². The lowest BCUT2D eigenvalue weighted by Crippen LogP contribution is -2.22. The number of nitrogens with one attached hydrogen (secondary N) is 1. The molecule has 4 nitrogen and oxygen atoms in total. The van der Waals surface area contributed by atoms with Gasteiger partial charge in [0.05, 0.1) is 0 Å². The molecule has 0 saturated carbocycles. The van der Waals surface area contributed by atoms with Crippen LogP contribution in [0.25, 0.3) is 0 Å². The van der Waals surface area contributed by atoms with Gasteiger partial charge in [-0.15, -0.1) is 0 Å². The summed E-state index contributed by atoms with van der Waals surface area (Å²) >= 11 is 0. The van der Waals surface area contributed by atoms with Gasteiger partial charge in [-0.1, -0.05) is 0 Å². The summed E-state index contributed by atoms with van der Waals surface area (Å²) in [4.78, 5) is 0. The zero-order valence-corrected chi connectivity index (χ0v) is 5.69. The lowest BCUT2D eigenvalue weighted by molar-refractivity contribution is 0.470. The molecule has 1 aliphatic rings. The highest BCUT2D eigenvalue weighted by Crippen LogP contribution is 2.06. The van der Waals surface area contributed by atoms with Crippen LogP contribution in [0, 0.1) is 0 Å². The average molecular weight is 151 g/mol. The lowest BCUT2D eigenvalue weighted by Gasteiger charge is -2.00. The maximum absolute atomic E-state index is 10.3. The van der Waals surface area contributed by atoms with E-state index >= 15 is 0 Å². The van der Waals surface area contributed by atoms with Gasteiger partial charge in [-0.3, -0.25) is 4.55 Å². The van der Waals surface area contributed by atoms with E-state index in [2.05, 4.69) is 5.32 Å². The normalized spacial score (nSPS) is 28.8. The summed E-state index contributed by atoms with van der Waals surface area (Å²) in [5, 5.41) is 2.27. The number of hydrogen-bond donors (Lipinski definition) is 2. The minimum absolute atomic E-state index is 0.388. The lowest BCUT2D eigenvalue weighted by atomic mass is 10.4. The van der Waals surface area contributed by atoms with Gasteiger partial charge >= 0.3 is 0 Å². The van der Waals surface area contributed by atoms with E-state index in [0.717, 1.165) is 0 Å². The largest absolute Gasteiger partial charge is 0.315 e. The molecule has 1 saturated heterocycles. The molecule has 9 heavy (non-hydrogen) atoms. The molecule has 1 heterocycles. The van der Waals surface area contributed by atoms with Gasteiger partial charge in [0.15, 0.2) is 0 Å². The molecule has 2 N–H and O–H groups in total. The van der Waals surface area contributed by atoms with Gasteiger partial charge in [-0.25, -0.2) is 0 Å². The SMILES string of the molecule is O=S(=O)(O)[C@H]1CCNC1. The maximum Gasteiger partial charge on any atom is 0.269 e. The van der Waals surface area contributed by atoms with Gasteiger partial charge in [-0.05, 0) is 13.0 Å². The summed E-state index contributed by atoms with van der Waals surface area (Å²) in [6.45, 7) is 1.07. The molecule has 0 aliphatic carbocycles. The summed E-state index contributed by atoms with van der Waals surface area (Å²) in [5.74, 6) is 0. The summed E-state index contributed by atoms with van der Waals surface area (Å²) in [6.07, 6.45) is 0.527. The second-order valence-corrected chi connectivity index (χ2v) is 3.83. The van der Waals surface area contributed by atoms with E-state index in [1.54, 1.807) is 0 Å². The minimum Gasteiger partial charge on any atom is -0.315 e. The van der Waals surface area contributed by atoms with Gasteiger partial charge in [0.1, 0.15) is 5.25 Å². The Morgan fingerprint density at radius 3 is 2.44 bits per heavy atom. The fourth-order valence-corrected chi connectivity index (χ4v) is 1.63. The zero-order chi connectivity index (χ0) is 6.91. The Morgan fingerprint density at radius 2 is 2.22 bits per heavy atom. The summed E-state index contributed by atoms with van der Waals surface area (Å²) < 4.78 is 29.1. The van der Waals surface area contributed by atoms with Crippen molar-refractivity contribution in [3.63, 3.8) is 0 Å². The van der Waals surface area contributed by atoms with E-state index in [1.807, 2.05) is 0 Å². The quantitative estimate of drug-likeness (QED) is 0.483. The van der Waals surface area contributed by atoms with Crippen molar-refractivity contribution in [2.24, 2.45) is 0 Å². The molecule has 0 radical (unpaired) electrons. The van der Waals surface area contributed by atoms with Gasteiger partial charge in [0.2, 0.25) is 0 Å². The maximum atomic E-state index is 10.3. The fourth-order valence-electron chi connectivity index (χ4n) is 0.882. The zero-order valence-electron chi connectivity index (χ0n) is 4.87. The molecule has 0 bridgehead atoms. The second-order valence-electron chi connectivity index (χ2n) is 2.13. The van der Waals surface area contributed by atoms with Crippen molar-refractivity contribution >= 4 is 10.1 Å². The van der Waals surface area contributed by atoms with Gasteiger partial charge in [-0.2, -0.15) is 8.42 Å². The predicted octanol–water partition coefficient (Wildman–Crippen LogP) is -0.764. The van der Waals surface area contributed by atoms with Crippen LogP contribution in [0.4, 0.5) is 0 Å². The standard InChI is InChI=1S/C4H9NO3S/c6-9(7,8)4-1-2-5-3-4/h4-5H,1-3H2,(H,6,7,8)/t4-/m0/s1. The molecule has 0 aromatic heterocycles. The van der Waals surface area contributed by atoms with E-state index in [1.165, 1.54) is 0 Å². The summed E-state index contributed by atoms with van der Waals surface area (Å²) in [6, 6.07) is 0. The Kier molecular flexibility index (Phi) is 1.74. The molecule has 0 amide bonds. The summed E-state index contributed by atoms with van der Waals surface area (Å²) in [7, 11) is -3.77. The van der Waals surface area contributed by atoms with Gasteiger partial charge in [0, 0.05) is 6.54 Å². The van der Waals surface area contributed by atoms with Crippen LogP contribution < -0.4 is 5.32 Å². The molecule has 1 rings (SSSR count). The molecule has 0 aromatic rings. The molecule has 1 fully saturated rings. The molecule has 5 heteroatoms. The molecule has 1 aliphatic heterocycles. The van der Waals surface area contributed by atoms with Crippen LogP contribution in [-0.2, 0) is 10.1 Å². The highest BCUT2D eigenvalue weighted by atomic mass is 32.2. The van der Waals surface area contributed by atoms with E-state index < -0.39 is 15.4 Å². The van der Waals surface area contributed by atoms with E-state index in [0.29, 0.717) is 19.5 Å². The van der Waals surface area contributed by atoms with Crippen molar-refractivity contribution in [3.05, 3.63) is 0 Å². The first-order valence-corrected chi connectivity index (χ1v) is 4.28. The second kappa shape index (κ2) is 2.24. The molecule has 0 unspecified atom stereocenters. The van der Waals surface area contributed by atoms with Crippen LogP contribution in [0.3, 0.4) is 0 Å². The van der Waals surface area contributed by atoms with Gasteiger partial charge < -0.3 is 5.32 Å². The van der Waals surface area contributed by atoms with Crippen LogP contribution in [-0.4, -0.2) is 31.3 Å². The predicted molar refractivity (Wildman–Crippen MR) is 32.8 cm³/mol. The topological polar surface area (TPSA) is 66.4 Å². The number of hydrogen-bond acceptors (Lipinski definition) is 3. The molecule has 0 spiro atoms. The third-order valence-electron chi connectivity index (χ3n) is 1.44. The van der Waals surface area contributed by atoms with Crippen LogP contribution in [0.5, 0.6) is 0 Å². The van der Waals surface area contributed by atoms with E-state index in [4.69, 9.17) is 4.55 Å². The highest BCUT2D eigenvalue weighted by Gasteiger charge is 2.25. The number of rotatable bonds is 1. The van der Waals surface area contributed by atoms with Crippen LogP contribution >= 0.6 is 0 Å². The highest BCUT2D eigenvalue weighted by molar-refractivity contribution is 7.86. The Balaban J connectivity index is 2.63. The van der Waals surface area contributed by atoms with Crippen molar-refractivity contribution in [1.29, 1.82) is 0 Å². The van der Waals surface area contributed by atoms with Crippen LogP contribution in [0.15, 0.2) is 0 Å². The Labute approximate surface area is 54.0 Å². The Bertz CT molecular complexity index is 180. The fraction of sp³-hybridized carbons (Fsp3) is 1.00. The van der Waals surface area contributed by atoms with Crippen molar-refractivity contribution in [2.45, 2.75) is 11.7 Å². The molecule has 1 atom stereocenters. The van der Waals surface area contributed by atoms with Crippen molar-refractivity contribution in [2.75, 3.05) is 13.1 Å². The van der Waals surface area contributed by atoms with Gasteiger partial charge in [0.25, 0.3) is 10.1 Å². The van der Waals surface area contributed by atoms with E-state index in [-0.39, 0.29) is 0 Å². The Hall–Kier alpha value is -0.130. The summed E-state index contributed by atoms with van der Waals surface area (Å²) in [5.41, 5.74) is 0. The first-order chi connectivity index (χ1) is 4.11. The third kappa shape index (κ3) is 1.64. The average Bonchev–Trinajstić information content (AvgIpc) is 2.08. The third-order valence-corrected chi connectivity index (χ3v) is 2.68. The van der Waals surface area contributed by atoms with Crippen molar-refractivity contribution in [3.8, 4) is 0 Å². The van der Waals surface area contributed by atoms with Crippen molar-refractivity contribution in [1.82, 2.24) is 5.32 Å². The van der Waals surface area contributed by atoms with E-state index in [9.17, 15) is 8.42 Å². The minimum atomic E-state index is -3.77.